The average Bonchev–Trinajstić information content (AvgIpc) is 2.25. The van der Waals surface area contributed by atoms with Gasteiger partial charge in [-0.05, 0) is 25.0 Å². The van der Waals surface area contributed by atoms with Crippen molar-refractivity contribution in [2.24, 2.45) is 0 Å². The molecule has 3 nitrogen and oxygen atoms in total. The van der Waals surface area contributed by atoms with Crippen LogP contribution < -0.4 is 0 Å². The summed E-state index contributed by atoms with van der Waals surface area (Å²) in [6.45, 7) is 11.1. The van der Waals surface area contributed by atoms with Crippen molar-refractivity contribution < 1.29 is 4.74 Å². The number of ether oxygens (including phenoxy) is 1. The molecule has 0 aromatic carbocycles. The second-order valence-corrected chi connectivity index (χ2v) is 3.63. The summed E-state index contributed by atoms with van der Waals surface area (Å²) in [6, 6.07) is 1.97. The minimum atomic E-state index is 0.395. The van der Waals surface area contributed by atoms with Crippen LogP contribution in [0, 0.1) is 0 Å². The van der Waals surface area contributed by atoms with Crippen LogP contribution in [0.25, 0.3) is 6.08 Å². The van der Waals surface area contributed by atoms with Crippen molar-refractivity contribution in [2.75, 3.05) is 6.61 Å². The summed E-state index contributed by atoms with van der Waals surface area (Å²) in [4.78, 5) is 8.75. The molecule has 0 saturated heterocycles. The van der Waals surface area contributed by atoms with Crippen LogP contribution in [0.1, 0.15) is 43.9 Å². The zero-order chi connectivity index (χ0) is 11.3. The van der Waals surface area contributed by atoms with Gasteiger partial charge in [-0.1, -0.05) is 20.4 Å². The topological polar surface area (TPSA) is 35.0 Å². The van der Waals surface area contributed by atoms with Gasteiger partial charge in [-0.3, -0.25) is 0 Å². The summed E-state index contributed by atoms with van der Waals surface area (Å²) in [6.07, 6.45) is 1.74. The molecule has 0 N–H and O–H groups in total. The minimum Gasteiger partial charge on any atom is -0.374 e. The molecule has 0 amide bonds. The predicted molar refractivity (Wildman–Crippen MR) is 61.5 cm³/mol. The van der Waals surface area contributed by atoms with Gasteiger partial charge in [0.15, 0.2) is 5.82 Å². The Morgan fingerprint density at radius 1 is 1.47 bits per heavy atom. The molecule has 3 heteroatoms. The van der Waals surface area contributed by atoms with Crippen molar-refractivity contribution in [3.63, 3.8) is 0 Å². The van der Waals surface area contributed by atoms with E-state index >= 15 is 0 Å². The zero-order valence-electron chi connectivity index (χ0n) is 9.66. The van der Waals surface area contributed by atoms with Gasteiger partial charge < -0.3 is 4.74 Å². The highest BCUT2D eigenvalue weighted by molar-refractivity contribution is 5.42. The summed E-state index contributed by atoms with van der Waals surface area (Å²) >= 11 is 0. The smallest absolute Gasteiger partial charge is 0.154 e. The summed E-state index contributed by atoms with van der Waals surface area (Å²) in [7, 11) is 0. The van der Waals surface area contributed by atoms with Gasteiger partial charge >= 0.3 is 0 Å². The molecule has 0 saturated carbocycles. The fourth-order valence-electron chi connectivity index (χ4n) is 1.20. The second kappa shape index (κ2) is 5.61. The molecule has 15 heavy (non-hydrogen) atoms. The summed E-state index contributed by atoms with van der Waals surface area (Å²) in [5.74, 6) is 1.13. The second-order valence-electron chi connectivity index (χ2n) is 3.63. The lowest BCUT2D eigenvalue weighted by Gasteiger charge is -2.08. The van der Waals surface area contributed by atoms with E-state index in [0.717, 1.165) is 17.2 Å². The molecule has 0 bridgehead atoms. The van der Waals surface area contributed by atoms with E-state index in [1.54, 1.807) is 6.08 Å². The van der Waals surface area contributed by atoms with E-state index in [1.165, 1.54) is 0 Å². The Kier molecular flexibility index (Phi) is 4.43. The van der Waals surface area contributed by atoms with Crippen molar-refractivity contribution in [2.45, 2.75) is 33.3 Å². The molecule has 0 aliphatic carbocycles. The van der Waals surface area contributed by atoms with E-state index in [0.29, 0.717) is 19.1 Å². The van der Waals surface area contributed by atoms with Crippen molar-refractivity contribution in [1.29, 1.82) is 0 Å². The first-order valence-corrected chi connectivity index (χ1v) is 5.25. The van der Waals surface area contributed by atoms with Crippen LogP contribution in [0.5, 0.6) is 0 Å². The van der Waals surface area contributed by atoms with Crippen molar-refractivity contribution in [3.8, 4) is 0 Å². The summed E-state index contributed by atoms with van der Waals surface area (Å²) in [5.41, 5.74) is 1.90. The third-order valence-corrected chi connectivity index (χ3v) is 2.05. The van der Waals surface area contributed by atoms with Crippen molar-refractivity contribution >= 4 is 6.08 Å². The lowest BCUT2D eigenvalue weighted by molar-refractivity contribution is 0.128. The van der Waals surface area contributed by atoms with Gasteiger partial charge in [0.2, 0.25) is 0 Å². The van der Waals surface area contributed by atoms with Gasteiger partial charge in [0.1, 0.15) is 6.61 Å². The molecule has 0 fully saturated rings. The third kappa shape index (κ3) is 3.44. The van der Waals surface area contributed by atoms with E-state index < -0.39 is 0 Å². The molecule has 0 atom stereocenters. The van der Waals surface area contributed by atoms with E-state index in [4.69, 9.17) is 4.74 Å². The van der Waals surface area contributed by atoms with E-state index in [9.17, 15) is 0 Å². The summed E-state index contributed by atoms with van der Waals surface area (Å²) in [5, 5.41) is 0. The molecular weight excluding hydrogens is 188 g/mol. The first-order valence-electron chi connectivity index (χ1n) is 5.25. The molecule has 0 unspecified atom stereocenters. The Hall–Kier alpha value is -1.22. The third-order valence-electron chi connectivity index (χ3n) is 2.05. The van der Waals surface area contributed by atoms with Crippen LogP contribution >= 0.6 is 0 Å². The Morgan fingerprint density at radius 3 is 2.73 bits per heavy atom. The fraction of sp³-hybridized carbons (Fsp3) is 0.500. The highest BCUT2D eigenvalue weighted by atomic mass is 16.5. The molecule has 82 valence electrons. The van der Waals surface area contributed by atoms with E-state index in [-0.39, 0.29) is 0 Å². The molecular formula is C12H18N2O. The lowest BCUT2D eigenvalue weighted by atomic mass is 10.1. The van der Waals surface area contributed by atoms with Gasteiger partial charge in [0.05, 0.1) is 5.69 Å². The first kappa shape index (κ1) is 11.9. The Bertz CT molecular complexity index is 334. The fourth-order valence-corrected chi connectivity index (χ4v) is 1.20. The van der Waals surface area contributed by atoms with Crippen LogP contribution in [0.4, 0.5) is 0 Å². The Morgan fingerprint density at radius 2 is 2.20 bits per heavy atom. The monoisotopic (exact) mass is 206 g/mol. The largest absolute Gasteiger partial charge is 0.374 e. The normalized spacial score (nSPS) is 10.7. The van der Waals surface area contributed by atoms with Crippen LogP contribution in [-0.2, 0) is 11.3 Å². The standard InChI is InChI=1S/C12H18N2O/c1-5-10-7-11(9(3)4)14-12(13-10)8-15-6-2/h5,7,9H,1,6,8H2,2-4H3. The summed E-state index contributed by atoms with van der Waals surface area (Å²) < 4.78 is 5.29. The highest BCUT2D eigenvalue weighted by Crippen LogP contribution is 2.13. The molecule has 0 aliphatic heterocycles. The molecule has 0 radical (unpaired) electrons. The number of hydrogen-bond acceptors (Lipinski definition) is 3. The predicted octanol–water partition coefficient (Wildman–Crippen LogP) is 2.78. The Labute approximate surface area is 91.2 Å². The maximum Gasteiger partial charge on any atom is 0.154 e. The first-order chi connectivity index (χ1) is 7.17. The quantitative estimate of drug-likeness (QED) is 0.743. The molecule has 1 heterocycles. The van der Waals surface area contributed by atoms with Crippen LogP contribution in [-0.4, -0.2) is 16.6 Å². The van der Waals surface area contributed by atoms with Crippen LogP contribution in [0.3, 0.4) is 0 Å². The van der Waals surface area contributed by atoms with Gasteiger partial charge in [0, 0.05) is 12.3 Å². The highest BCUT2D eigenvalue weighted by Gasteiger charge is 2.06. The van der Waals surface area contributed by atoms with Crippen LogP contribution in [0.2, 0.25) is 0 Å². The maximum atomic E-state index is 5.29. The molecule has 1 aromatic heterocycles. The van der Waals surface area contributed by atoms with Crippen LogP contribution in [0.15, 0.2) is 12.6 Å². The molecule has 1 rings (SSSR count). The van der Waals surface area contributed by atoms with Crippen molar-refractivity contribution in [3.05, 3.63) is 29.9 Å². The zero-order valence-corrected chi connectivity index (χ0v) is 9.66. The van der Waals surface area contributed by atoms with E-state index in [2.05, 4.69) is 30.4 Å². The minimum absolute atomic E-state index is 0.395. The molecule has 1 aromatic rings. The van der Waals surface area contributed by atoms with Gasteiger partial charge in [-0.15, -0.1) is 0 Å². The molecule has 0 spiro atoms. The number of hydrogen-bond donors (Lipinski definition) is 0. The lowest BCUT2D eigenvalue weighted by Crippen LogP contribution is -2.04. The SMILES string of the molecule is C=Cc1cc(C(C)C)nc(COCC)n1. The maximum absolute atomic E-state index is 5.29. The van der Waals surface area contributed by atoms with Crippen molar-refractivity contribution in [1.82, 2.24) is 9.97 Å². The number of rotatable bonds is 5. The van der Waals surface area contributed by atoms with Gasteiger partial charge in [-0.2, -0.15) is 0 Å². The number of aromatic nitrogens is 2. The number of nitrogens with zero attached hydrogens (tertiary/aromatic N) is 2. The Balaban J connectivity index is 2.95. The average molecular weight is 206 g/mol. The molecule has 0 aliphatic rings. The van der Waals surface area contributed by atoms with Gasteiger partial charge in [0.25, 0.3) is 0 Å². The van der Waals surface area contributed by atoms with Gasteiger partial charge in [-0.25, -0.2) is 9.97 Å². The van der Waals surface area contributed by atoms with E-state index in [1.807, 2.05) is 13.0 Å².